The topological polar surface area (TPSA) is 43.9 Å². The summed E-state index contributed by atoms with van der Waals surface area (Å²) in [7, 11) is 0. The molecular formula is C42H29GeN3O. The van der Waals surface area contributed by atoms with E-state index in [0.717, 1.165) is 66.9 Å². The van der Waals surface area contributed by atoms with Crippen molar-refractivity contribution >= 4 is 65.8 Å². The molecule has 0 N–H and O–H groups in total. The van der Waals surface area contributed by atoms with Gasteiger partial charge in [0.15, 0.2) is 0 Å². The van der Waals surface area contributed by atoms with E-state index in [1.807, 2.05) is 12.1 Å². The Bertz CT molecular complexity index is 2710. The minimum atomic E-state index is -2.90. The van der Waals surface area contributed by atoms with Crippen molar-refractivity contribution in [1.82, 2.24) is 14.5 Å². The molecule has 0 amide bonds. The molecule has 0 fully saturated rings. The number of aromatic nitrogens is 3. The zero-order valence-electron chi connectivity index (χ0n) is 26.0. The zero-order valence-corrected chi connectivity index (χ0v) is 28.1. The molecule has 0 atom stereocenters. The fourth-order valence-electron chi connectivity index (χ4n) is 7.81. The van der Waals surface area contributed by atoms with Gasteiger partial charge in [0.25, 0.3) is 0 Å². The molecule has 5 heteroatoms. The van der Waals surface area contributed by atoms with Crippen LogP contribution in [0.3, 0.4) is 0 Å². The van der Waals surface area contributed by atoms with Crippen LogP contribution in [0.5, 0.6) is 0 Å². The van der Waals surface area contributed by atoms with E-state index >= 15 is 0 Å². The fourth-order valence-corrected chi connectivity index (χ4v) is 14.6. The van der Waals surface area contributed by atoms with E-state index in [-0.39, 0.29) is 0 Å². The van der Waals surface area contributed by atoms with Crippen LogP contribution in [0.1, 0.15) is 0 Å². The van der Waals surface area contributed by atoms with Crippen LogP contribution in [-0.4, -0.2) is 27.8 Å². The molecule has 4 nitrogen and oxygen atoms in total. The first-order valence-corrected chi connectivity index (χ1v) is 22.4. The van der Waals surface area contributed by atoms with E-state index in [2.05, 4.69) is 143 Å². The summed E-state index contributed by atoms with van der Waals surface area (Å²) < 4.78 is 11.8. The van der Waals surface area contributed by atoms with Crippen molar-refractivity contribution < 1.29 is 4.42 Å². The molecule has 222 valence electrons. The Hall–Kier alpha value is -5.46. The average molecular weight is 664 g/mol. The van der Waals surface area contributed by atoms with E-state index in [0.29, 0.717) is 0 Å². The van der Waals surface area contributed by atoms with Crippen molar-refractivity contribution in [3.63, 3.8) is 0 Å². The quantitative estimate of drug-likeness (QED) is 0.177. The van der Waals surface area contributed by atoms with Gasteiger partial charge in [-0.2, -0.15) is 0 Å². The number of hydrogen-bond donors (Lipinski definition) is 0. The predicted octanol–water partition coefficient (Wildman–Crippen LogP) is 9.61. The molecule has 0 bridgehead atoms. The Kier molecular flexibility index (Phi) is 5.56. The molecule has 3 aromatic heterocycles. The molecule has 1 aliphatic rings. The first-order valence-electron chi connectivity index (χ1n) is 16.1. The van der Waals surface area contributed by atoms with Crippen LogP contribution in [0.15, 0.2) is 144 Å². The van der Waals surface area contributed by atoms with E-state index in [9.17, 15) is 0 Å². The third-order valence-electron chi connectivity index (χ3n) is 9.98. The summed E-state index contributed by atoms with van der Waals surface area (Å²) in [5.74, 6) is 5.77. The molecule has 0 radical (unpaired) electrons. The number of fused-ring (bicyclic) bond motifs is 10. The number of rotatable bonds is 3. The van der Waals surface area contributed by atoms with Gasteiger partial charge in [-0.1, -0.05) is 0 Å². The first kappa shape index (κ1) is 26.7. The molecule has 0 saturated carbocycles. The molecule has 0 spiro atoms. The van der Waals surface area contributed by atoms with E-state index in [1.165, 1.54) is 25.3 Å². The molecule has 1 aliphatic heterocycles. The molecular weight excluding hydrogens is 635 g/mol. The van der Waals surface area contributed by atoms with Crippen molar-refractivity contribution in [1.29, 1.82) is 0 Å². The van der Waals surface area contributed by atoms with Gasteiger partial charge in [-0.15, -0.1) is 0 Å². The Labute approximate surface area is 274 Å². The average Bonchev–Trinajstić information content (AvgIpc) is 3.74. The van der Waals surface area contributed by atoms with Crippen molar-refractivity contribution in [3.05, 3.63) is 140 Å². The third kappa shape index (κ3) is 3.76. The van der Waals surface area contributed by atoms with Crippen molar-refractivity contribution in [3.8, 4) is 39.6 Å². The van der Waals surface area contributed by atoms with Crippen LogP contribution in [0.25, 0.3) is 83.3 Å². The first-order chi connectivity index (χ1) is 23.1. The van der Waals surface area contributed by atoms with Gasteiger partial charge in [-0.25, -0.2) is 0 Å². The molecule has 47 heavy (non-hydrogen) atoms. The van der Waals surface area contributed by atoms with E-state index in [1.54, 1.807) is 0 Å². The predicted molar refractivity (Wildman–Crippen MR) is 197 cm³/mol. The summed E-state index contributed by atoms with van der Waals surface area (Å²) >= 11 is -2.90. The number of para-hydroxylation sites is 2. The SMILES string of the molecule is [CH3][Ge]1([CH3])[c]2cc(-n3c4ccccc4c4c5oc6ccccc6c5ccc43)ccc2-c2nc(-c3ccccc3)nc(-c3ccccc3)[c]21. The summed E-state index contributed by atoms with van der Waals surface area (Å²) in [6.45, 7) is 0. The van der Waals surface area contributed by atoms with Crippen LogP contribution < -0.4 is 8.79 Å². The Morgan fingerprint density at radius 2 is 1.26 bits per heavy atom. The Morgan fingerprint density at radius 3 is 2.06 bits per heavy atom. The van der Waals surface area contributed by atoms with Gasteiger partial charge >= 0.3 is 275 Å². The van der Waals surface area contributed by atoms with Gasteiger partial charge < -0.3 is 0 Å². The monoisotopic (exact) mass is 665 g/mol. The summed E-state index contributed by atoms with van der Waals surface area (Å²) in [5, 5.41) is 4.65. The minimum absolute atomic E-state index is 0.774. The van der Waals surface area contributed by atoms with Crippen LogP contribution in [-0.2, 0) is 0 Å². The molecule has 0 saturated heterocycles. The maximum atomic E-state index is 6.56. The summed E-state index contributed by atoms with van der Waals surface area (Å²) in [6, 6.07) is 49.5. The van der Waals surface area contributed by atoms with Crippen molar-refractivity contribution in [2.24, 2.45) is 0 Å². The Morgan fingerprint density at radius 1 is 0.574 bits per heavy atom. The zero-order chi connectivity index (χ0) is 31.3. The van der Waals surface area contributed by atoms with Gasteiger partial charge in [0, 0.05) is 0 Å². The van der Waals surface area contributed by atoms with Gasteiger partial charge in [-0.3, -0.25) is 0 Å². The van der Waals surface area contributed by atoms with Gasteiger partial charge in [0.05, 0.1) is 0 Å². The summed E-state index contributed by atoms with van der Waals surface area (Å²) in [5.41, 5.74) is 10.9. The van der Waals surface area contributed by atoms with Gasteiger partial charge in [-0.05, 0) is 0 Å². The van der Waals surface area contributed by atoms with E-state index in [4.69, 9.17) is 14.4 Å². The number of furan rings is 1. The van der Waals surface area contributed by atoms with Gasteiger partial charge in [0.1, 0.15) is 0 Å². The summed E-state index contributed by atoms with van der Waals surface area (Å²) in [6.07, 6.45) is 0. The standard InChI is InChI=1S/C42H29GeN3O/c1-43(2)33-25-28(46-34-19-11-9-18-32(34)37-35(46)24-23-30-29-17-10-12-20-36(29)47-41(30)37)21-22-31(33)40-38(43)39(26-13-5-3-6-14-26)44-42(45-40)27-15-7-4-8-16-27/h3-25H,1-2H3. The van der Waals surface area contributed by atoms with Crippen molar-refractivity contribution in [2.45, 2.75) is 11.5 Å². The second kappa shape index (κ2) is 9.77. The third-order valence-corrected chi connectivity index (χ3v) is 17.3. The molecule has 10 rings (SSSR count). The van der Waals surface area contributed by atoms with E-state index < -0.39 is 13.3 Å². The number of benzene rings is 6. The van der Waals surface area contributed by atoms with Crippen LogP contribution in [0.2, 0.25) is 11.5 Å². The molecule has 0 aliphatic carbocycles. The molecule has 4 heterocycles. The molecule has 6 aromatic carbocycles. The van der Waals surface area contributed by atoms with Crippen molar-refractivity contribution in [2.75, 3.05) is 0 Å². The second-order valence-electron chi connectivity index (χ2n) is 13.0. The second-order valence-corrected chi connectivity index (χ2v) is 22.0. The number of nitrogens with zero attached hydrogens (tertiary/aromatic N) is 3. The van der Waals surface area contributed by atoms with Crippen LogP contribution >= 0.6 is 0 Å². The van der Waals surface area contributed by atoms with Crippen LogP contribution in [0, 0.1) is 0 Å². The fraction of sp³-hybridized carbons (Fsp3) is 0.0476. The molecule has 0 unspecified atom stereocenters. The van der Waals surface area contributed by atoms with Crippen LogP contribution in [0.4, 0.5) is 0 Å². The number of hydrogen-bond acceptors (Lipinski definition) is 3. The summed E-state index contributed by atoms with van der Waals surface area (Å²) in [4.78, 5) is 10.6. The molecule has 9 aromatic rings. The Balaban J connectivity index is 1.23. The maximum absolute atomic E-state index is 6.56. The normalized spacial score (nSPS) is 13.5. The van der Waals surface area contributed by atoms with Gasteiger partial charge in [0.2, 0.25) is 0 Å².